The van der Waals surface area contributed by atoms with Crippen LogP contribution in [0.15, 0.2) is 65.8 Å². The summed E-state index contributed by atoms with van der Waals surface area (Å²) in [6.45, 7) is 4.35. The van der Waals surface area contributed by atoms with E-state index in [-0.39, 0.29) is 17.4 Å². The Hall–Kier alpha value is -3.59. The highest BCUT2D eigenvalue weighted by atomic mass is 32.2. The fraction of sp³-hybridized carbons (Fsp3) is 0.240. The molecule has 0 aliphatic heterocycles. The third kappa shape index (κ3) is 6.05. The number of carbonyl (C=O) groups is 1. The van der Waals surface area contributed by atoms with Crippen LogP contribution in [0, 0.1) is 19.7 Å². The molecule has 0 spiro atoms. The molecule has 9 heteroatoms. The van der Waals surface area contributed by atoms with Crippen LogP contribution in [0.25, 0.3) is 5.69 Å². The van der Waals surface area contributed by atoms with Gasteiger partial charge in [0.25, 0.3) is 5.91 Å². The lowest BCUT2D eigenvalue weighted by Crippen LogP contribution is -2.26. The van der Waals surface area contributed by atoms with E-state index >= 15 is 0 Å². The molecule has 0 radical (unpaired) electrons. The minimum Gasteiger partial charge on any atom is -0.351 e. The third-order valence-corrected chi connectivity index (χ3v) is 5.98. The Balaban J connectivity index is 1.51. The monoisotopic (exact) mass is 476 g/mol. The summed E-state index contributed by atoms with van der Waals surface area (Å²) >= 11 is 1.40. The van der Waals surface area contributed by atoms with Gasteiger partial charge in [-0.3, -0.25) is 4.79 Å². The fourth-order valence-electron chi connectivity index (χ4n) is 3.51. The van der Waals surface area contributed by atoms with Crippen LogP contribution >= 0.6 is 11.8 Å². The van der Waals surface area contributed by atoms with Crippen LogP contribution in [0.4, 0.5) is 4.39 Å². The van der Waals surface area contributed by atoms with Crippen molar-refractivity contribution >= 4 is 17.7 Å². The first kappa shape index (κ1) is 23.6. The van der Waals surface area contributed by atoms with E-state index in [1.165, 1.54) is 29.5 Å². The molecular weight excluding hydrogens is 451 g/mol. The lowest BCUT2D eigenvalue weighted by atomic mass is 10.1. The zero-order valence-electron chi connectivity index (χ0n) is 19.0. The van der Waals surface area contributed by atoms with Crippen molar-refractivity contribution in [3.8, 4) is 5.69 Å². The molecule has 2 heterocycles. The average molecular weight is 477 g/mol. The molecule has 0 aliphatic carbocycles. The summed E-state index contributed by atoms with van der Waals surface area (Å²) in [5.74, 6) is -0.266. The van der Waals surface area contributed by atoms with Crippen LogP contribution in [0.2, 0.25) is 0 Å². The van der Waals surface area contributed by atoms with Crippen molar-refractivity contribution in [2.45, 2.75) is 37.6 Å². The van der Waals surface area contributed by atoms with Crippen LogP contribution in [0.5, 0.6) is 0 Å². The molecule has 2 aromatic heterocycles. The van der Waals surface area contributed by atoms with Gasteiger partial charge in [0.1, 0.15) is 5.82 Å². The van der Waals surface area contributed by atoms with Gasteiger partial charge >= 0.3 is 0 Å². The summed E-state index contributed by atoms with van der Waals surface area (Å²) in [5, 5.41) is 11.9. The number of nitrogens with zero attached hydrogens (tertiary/aromatic N) is 5. The summed E-state index contributed by atoms with van der Waals surface area (Å²) in [7, 11) is 0. The molecule has 4 rings (SSSR count). The van der Waals surface area contributed by atoms with Crippen molar-refractivity contribution < 1.29 is 9.18 Å². The fourth-order valence-corrected chi connectivity index (χ4v) is 4.45. The summed E-state index contributed by atoms with van der Waals surface area (Å²) in [5.41, 5.74) is 4.42. The molecule has 7 nitrogen and oxygen atoms in total. The Bertz CT molecular complexity index is 1240. The second kappa shape index (κ2) is 11.0. The van der Waals surface area contributed by atoms with Crippen molar-refractivity contribution in [3.05, 3.63) is 94.8 Å². The predicted molar refractivity (Wildman–Crippen MR) is 129 cm³/mol. The van der Waals surface area contributed by atoms with Gasteiger partial charge in [0.05, 0.1) is 11.4 Å². The standard InChI is InChI=1S/C25H25FN6OS/c1-17-15-18(2)29-25(28-17)34-16-22-23(30-31-32(22)21-12-10-20(26)11-13-21)24(33)27-14-6-9-19-7-4-3-5-8-19/h3-5,7-8,10-13,15H,6,9,14,16H2,1-2H3,(H,27,33). The normalized spacial score (nSPS) is 10.9. The Morgan fingerprint density at radius 3 is 2.44 bits per heavy atom. The smallest absolute Gasteiger partial charge is 0.273 e. The zero-order valence-corrected chi connectivity index (χ0v) is 19.8. The van der Waals surface area contributed by atoms with Crippen molar-refractivity contribution in [2.75, 3.05) is 6.54 Å². The van der Waals surface area contributed by atoms with Crippen molar-refractivity contribution in [1.82, 2.24) is 30.3 Å². The molecule has 34 heavy (non-hydrogen) atoms. The van der Waals surface area contributed by atoms with E-state index in [1.54, 1.807) is 16.8 Å². The SMILES string of the molecule is Cc1cc(C)nc(SCc2c(C(=O)NCCCc3ccccc3)nnn2-c2ccc(F)cc2)n1. The Morgan fingerprint density at radius 1 is 1.03 bits per heavy atom. The summed E-state index contributed by atoms with van der Waals surface area (Å²) in [6, 6.07) is 18.0. The highest BCUT2D eigenvalue weighted by Crippen LogP contribution is 2.24. The second-order valence-corrected chi connectivity index (χ2v) is 8.78. The number of benzene rings is 2. The number of rotatable bonds is 9. The highest BCUT2D eigenvalue weighted by molar-refractivity contribution is 7.98. The van der Waals surface area contributed by atoms with E-state index in [1.807, 2.05) is 38.1 Å². The maximum Gasteiger partial charge on any atom is 0.273 e. The number of thioether (sulfide) groups is 1. The van der Waals surface area contributed by atoms with Gasteiger partial charge in [-0.1, -0.05) is 47.3 Å². The number of halogens is 1. The first-order valence-electron chi connectivity index (χ1n) is 11.0. The van der Waals surface area contributed by atoms with E-state index in [9.17, 15) is 9.18 Å². The van der Waals surface area contributed by atoms with Crippen molar-refractivity contribution in [3.63, 3.8) is 0 Å². The van der Waals surface area contributed by atoms with Gasteiger partial charge in [0.15, 0.2) is 10.9 Å². The maximum absolute atomic E-state index is 13.4. The number of hydrogen-bond donors (Lipinski definition) is 1. The van der Waals surface area contributed by atoms with Crippen molar-refractivity contribution in [1.29, 1.82) is 0 Å². The molecule has 4 aromatic rings. The van der Waals surface area contributed by atoms with E-state index < -0.39 is 0 Å². The molecule has 0 aliphatic rings. The quantitative estimate of drug-likeness (QED) is 0.218. The molecular formula is C25H25FN6OS. The summed E-state index contributed by atoms with van der Waals surface area (Å²) in [6.07, 6.45) is 1.68. The molecule has 0 atom stereocenters. The summed E-state index contributed by atoms with van der Waals surface area (Å²) in [4.78, 5) is 21.9. The molecule has 0 bridgehead atoms. The lowest BCUT2D eigenvalue weighted by molar-refractivity contribution is 0.0947. The molecule has 1 N–H and O–H groups in total. The average Bonchev–Trinajstić information content (AvgIpc) is 3.25. The molecule has 0 fully saturated rings. The van der Waals surface area contributed by atoms with Gasteiger partial charge in [-0.05, 0) is 62.6 Å². The first-order valence-corrected chi connectivity index (χ1v) is 12.0. The van der Waals surface area contributed by atoms with Gasteiger partial charge in [-0.2, -0.15) is 0 Å². The lowest BCUT2D eigenvalue weighted by Gasteiger charge is -2.09. The molecule has 0 saturated carbocycles. The van der Waals surface area contributed by atoms with E-state index in [0.717, 1.165) is 24.2 Å². The minimum absolute atomic E-state index is 0.237. The van der Waals surface area contributed by atoms with Crippen LogP contribution in [0.3, 0.4) is 0 Å². The highest BCUT2D eigenvalue weighted by Gasteiger charge is 2.21. The first-order chi connectivity index (χ1) is 16.5. The molecule has 2 aromatic carbocycles. The number of aryl methyl sites for hydroxylation is 3. The minimum atomic E-state index is -0.347. The van der Waals surface area contributed by atoms with Crippen LogP contribution in [-0.4, -0.2) is 37.4 Å². The predicted octanol–water partition coefficient (Wildman–Crippen LogP) is 4.47. The number of amides is 1. The van der Waals surface area contributed by atoms with Gasteiger partial charge < -0.3 is 5.32 Å². The van der Waals surface area contributed by atoms with E-state index in [0.29, 0.717) is 28.8 Å². The van der Waals surface area contributed by atoms with Gasteiger partial charge in [0.2, 0.25) is 0 Å². The molecule has 0 saturated heterocycles. The van der Waals surface area contributed by atoms with Crippen molar-refractivity contribution in [2.24, 2.45) is 0 Å². The van der Waals surface area contributed by atoms with Crippen LogP contribution in [0.1, 0.15) is 39.6 Å². The largest absolute Gasteiger partial charge is 0.351 e. The summed E-state index contributed by atoms with van der Waals surface area (Å²) < 4.78 is 15.0. The van der Waals surface area contributed by atoms with Gasteiger partial charge in [0, 0.05) is 23.7 Å². The number of aromatic nitrogens is 5. The Labute approximate surface area is 201 Å². The molecule has 174 valence electrons. The number of hydrogen-bond acceptors (Lipinski definition) is 6. The van der Waals surface area contributed by atoms with E-state index in [2.05, 4.69) is 37.7 Å². The maximum atomic E-state index is 13.4. The third-order valence-electron chi connectivity index (χ3n) is 5.12. The Kier molecular flexibility index (Phi) is 7.64. The molecule has 0 unspecified atom stereocenters. The zero-order chi connectivity index (χ0) is 23.9. The van der Waals surface area contributed by atoms with E-state index in [4.69, 9.17) is 0 Å². The number of nitrogens with one attached hydrogen (secondary N) is 1. The number of carbonyl (C=O) groups excluding carboxylic acids is 1. The van der Waals surface area contributed by atoms with Gasteiger partial charge in [-0.25, -0.2) is 19.0 Å². The molecule has 1 amide bonds. The van der Waals surface area contributed by atoms with Gasteiger partial charge in [-0.15, -0.1) is 5.10 Å². The van der Waals surface area contributed by atoms with Crippen LogP contribution in [-0.2, 0) is 12.2 Å². The second-order valence-electron chi connectivity index (χ2n) is 7.84. The Morgan fingerprint density at radius 2 is 1.74 bits per heavy atom. The van der Waals surface area contributed by atoms with Crippen LogP contribution < -0.4 is 5.32 Å². The topological polar surface area (TPSA) is 85.6 Å².